The minimum atomic E-state index is 0.443. The third-order valence-electron chi connectivity index (χ3n) is 4.51. The molecule has 0 aromatic heterocycles. The molecular formula is C16H18N2. The predicted octanol–water partition coefficient (Wildman–Crippen LogP) is 2.21. The van der Waals surface area contributed by atoms with E-state index in [2.05, 4.69) is 71.1 Å². The zero-order valence-electron chi connectivity index (χ0n) is 10.3. The molecule has 5 unspecified atom stereocenters. The maximum Gasteiger partial charge on any atom is 0.0868 e. The normalized spacial score (nSPS) is 43.6. The average Bonchev–Trinajstić information content (AvgIpc) is 2.46. The van der Waals surface area contributed by atoms with Crippen molar-refractivity contribution in [2.75, 3.05) is 6.54 Å². The highest BCUT2D eigenvalue weighted by molar-refractivity contribution is 5.27. The van der Waals surface area contributed by atoms with Crippen LogP contribution in [0.4, 0.5) is 0 Å². The van der Waals surface area contributed by atoms with E-state index in [1.165, 1.54) is 0 Å². The fraction of sp³-hybridized carbons (Fsp3) is 0.375. The van der Waals surface area contributed by atoms with Crippen LogP contribution in [0.1, 0.15) is 0 Å². The van der Waals surface area contributed by atoms with Crippen LogP contribution in [0.5, 0.6) is 0 Å². The average molecular weight is 238 g/mol. The maximum atomic E-state index is 3.72. The number of nitrogens with zero attached hydrogens (tertiary/aromatic N) is 1. The molecule has 0 radical (unpaired) electrons. The first-order valence-electron chi connectivity index (χ1n) is 6.83. The molecule has 2 aliphatic carbocycles. The molecule has 4 aliphatic rings. The van der Waals surface area contributed by atoms with Crippen LogP contribution >= 0.6 is 0 Å². The predicted molar refractivity (Wildman–Crippen MR) is 73.6 cm³/mol. The molecule has 1 saturated heterocycles. The topological polar surface area (TPSA) is 15.3 Å². The van der Waals surface area contributed by atoms with E-state index < -0.39 is 0 Å². The fourth-order valence-corrected chi connectivity index (χ4v) is 3.57. The number of fused-ring (bicyclic) bond motifs is 5. The summed E-state index contributed by atoms with van der Waals surface area (Å²) in [6.45, 7) is 1.08. The second kappa shape index (κ2) is 3.99. The number of hydrogen-bond donors (Lipinski definition) is 1. The number of rotatable bonds is 0. The van der Waals surface area contributed by atoms with Crippen LogP contribution in [0.15, 0.2) is 60.9 Å². The van der Waals surface area contributed by atoms with Crippen molar-refractivity contribution >= 4 is 0 Å². The highest BCUT2D eigenvalue weighted by atomic mass is 15.3. The minimum absolute atomic E-state index is 0.443. The Kier molecular flexibility index (Phi) is 2.30. The SMILES string of the molecule is C1=CC2C=CN3C4C=CC=CC4CNC3C2C=C1. The van der Waals surface area contributed by atoms with Gasteiger partial charge in [-0.15, -0.1) is 0 Å². The van der Waals surface area contributed by atoms with Crippen LogP contribution in [-0.2, 0) is 0 Å². The van der Waals surface area contributed by atoms with Crippen LogP contribution in [0, 0.1) is 17.8 Å². The summed E-state index contributed by atoms with van der Waals surface area (Å²) in [7, 11) is 0. The van der Waals surface area contributed by atoms with Crippen LogP contribution in [0.2, 0.25) is 0 Å². The molecule has 2 aliphatic heterocycles. The van der Waals surface area contributed by atoms with Gasteiger partial charge < -0.3 is 4.90 Å². The van der Waals surface area contributed by atoms with Gasteiger partial charge in [-0.05, 0) is 6.20 Å². The Balaban J connectivity index is 1.69. The van der Waals surface area contributed by atoms with Crippen LogP contribution < -0.4 is 5.32 Å². The van der Waals surface area contributed by atoms with Crippen molar-refractivity contribution in [1.82, 2.24) is 10.2 Å². The lowest BCUT2D eigenvalue weighted by Gasteiger charge is -2.51. The number of hydrogen-bond acceptors (Lipinski definition) is 2. The van der Waals surface area contributed by atoms with Gasteiger partial charge in [-0.3, -0.25) is 5.32 Å². The van der Waals surface area contributed by atoms with Crippen molar-refractivity contribution in [1.29, 1.82) is 0 Å². The Morgan fingerprint density at radius 2 is 1.72 bits per heavy atom. The summed E-state index contributed by atoms with van der Waals surface area (Å²) in [5, 5.41) is 3.72. The largest absolute Gasteiger partial charge is 0.355 e. The number of nitrogens with one attached hydrogen (secondary N) is 1. The molecule has 5 atom stereocenters. The van der Waals surface area contributed by atoms with E-state index >= 15 is 0 Å². The van der Waals surface area contributed by atoms with Crippen molar-refractivity contribution < 1.29 is 0 Å². The van der Waals surface area contributed by atoms with Crippen molar-refractivity contribution in [3.63, 3.8) is 0 Å². The minimum Gasteiger partial charge on any atom is -0.355 e. The Morgan fingerprint density at radius 1 is 0.889 bits per heavy atom. The molecule has 0 aromatic rings. The lowest BCUT2D eigenvalue weighted by Crippen LogP contribution is -2.62. The van der Waals surface area contributed by atoms with Crippen molar-refractivity contribution in [2.45, 2.75) is 12.2 Å². The van der Waals surface area contributed by atoms with Gasteiger partial charge in [0.25, 0.3) is 0 Å². The monoisotopic (exact) mass is 238 g/mol. The van der Waals surface area contributed by atoms with Crippen molar-refractivity contribution in [2.24, 2.45) is 17.8 Å². The quantitative estimate of drug-likeness (QED) is 0.696. The van der Waals surface area contributed by atoms with E-state index in [1.807, 2.05) is 0 Å². The Labute approximate surface area is 108 Å². The van der Waals surface area contributed by atoms with Gasteiger partial charge in [-0.1, -0.05) is 54.7 Å². The summed E-state index contributed by atoms with van der Waals surface area (Å²) in [5.74, 6) is 1.74. The Morgan fingerprint density at radius 3 is 2.72 bits per heavy atom. The second-order valence-corrected chi connectivity index (χ2v) is 5.49. The summed E-state index contributed by atoms with van der Waals surface area (Å²) >= 11 is 0. The van der Waals surface area contributed by atoms with Gasteiger partial charge in [0.05, 0.1) is 12.2 Å². The molecule has 2 heterocycles. The zero-order valence-corrected chi connectivity index (χ0v) is 10.3. The molecular weight excluding hydrogens is 220 g/mol. The van der Waals surface area contributed by atoms with E-state index in [0.717, 1.165) is 6.54 Å². The van der Waals surface area contributed by atoms with Crippen LogP contribution in [-0.4, -0.2) is 23.7 Å². The molecule has 0 bridgehead atoms. The molecule has 0 saturated carbocycles. The molecule has 1 N–H and O–H groups in total. The first-order valence-corrected chi connectivity index (χ1v) is 6.83. The van der Waals surface area contributed by atoms with Gasteiger partial charge in [-0.2, -0.15) is 0 Å². The fourth-order valence-electron chi connectivity index (χ4n) is 3.57. The molecule has 18 heavy (non-hydrogen) atoms. The second-order valence-electron chi connectivity index (χ2n) is 5.49. The van der Waals surface area contributed by atoms with E-state index in [-0.39, 0.29) is 0 Å². The van der Waals surface area contributed by atoms with E-state index in [4.69, 9.17) is 0 Å². The van der Waals surface area contributed by atoms with Crippen molar-refractivity contribution in [3.8, 4) is 0 Å². The molecule has 2 nitrogen and oxygen atoms in total. The summed E-state index contributed by atoms with van der Waals surface area (Å²) in [6.07, 6.45) is 23.1. The molecule has 92 valence electrons. The molecule has 0 amide bonds. The lowest BCUT2D eigenvalue weighted by molar-refractivity contribution is 0.0707. The van der Waals surface area contributed by atoms with Gasteiger partial charge in [-0.25, -0.2) is 0 Å². The van der Waals surface area contributed by atoms with Crippen molar-refractivity contribution in [3.05, 3.63) is 60.9 Å². The van der Waals surface area contributed by atoms with Gasteiger partial charge in [0.15, 0.2) is 0 Å². The van der Waals surface area contributed by atoms with Crippen LogP contribution in [0.25, 0.3) is 0 Å². The third-order valence-corrected chi connectivity index (χ3v) is 4.51. The number of allylic oxidation sites excluding steroid dienone is 6. The van der Waals surface area contributed by atoms with Gasteiger partial charge in [0.1, 0.15) is 0 Å². The molecule has 0 aromatic carbocycles. The van der Waals surface area contributed by atoms with Crippen LogP contribution in [0.3, 0.4) is 0 Å². The Hall–Kier alpha value is -1.54. The Bertz CT molecular complexity index is 483. The molecule has 2 heteroatoms. The van der Waals surface area contributed by atoms with E-state index in [9.17, 15) is 0 Å². The standard InChI is InChI=1S/C16H18N2/c1-3-7-14-12(5-1)9-10-18-15-8-4-2-6-13(15)11-17-16(14)18/h1-10,12-17H,11H2. The molecule has 1 fully saturated rings. The highest BCUT2D eigenvalue weighted by Gasteiger charge is 2.40. The first-order chi connectivity index (χ1) is 8.93. The zero-order chi connectivity index (χ0) is 11.9. The summed E-state index contributed by atoms with van der Waals surface area (Å²) in [6, 6.07) is 0.526. The molecule has 0 spiro atoms. The highest BCUT2D eigenvalue weighted by Crippen LogP contribution is 2.36. The summed E-state index contributed by atoms with van der Waals surface area (Å²) in [5.41, 5.74) is 0. The van der Waals surface area contributed by atoms with E-state index in [0.29, 0.717) is 30.0 Å². The van der Waals surface area contributed by atoms with E-state index in [1.54, 1.807) is 0 Å². The third kappa shape index (κ3) is 1.45. The van der Waals surface area contributed by atoms with Gasteiger partial charge >= 0.3 is 0 Å². The summed E-state index contributed by atoms with van der Waals surface area (Å²) in [4.78, 5) is 2.50. The van der Waals surface area contributed by atoms with Gasteiger partial charge in [0, 0.05) is 24.3 Å². The first kappa shape index (κ1) is 10.4. The molecule has 4 rings (SSSR count). The lowest BCUT2D eigenvalue weighted by atomic mass is 9.79. The maximum absolute atomic E-state index is 3.72. The smallest absolute Gasteiger partial charge is 0.0868 e. The summed E-state index contributed by atoms with van der Waals surface area (Å²) < 4.78 is 0. The van der Waals surface area contributed by atoms with Gasteiger partial charge in [0.2, 0.25) is 0 Å².